The van der Waals surface area contributed by atoms with Gasteiger partial charge in [0.05, 0.1) is 0 Å². The Kier molecular flexibility index (Phi) is 4.43. The number of nitrogens with zero attached hydrogens (tertiary/aromatic N) is 1. The van der Waals surface area contributed by atoms with Crippen molar-refractivity contribution in [1.82, 2.24) is 4.98 Å². The molecular weight excluding hydrogens is 308 g/mol. The summed E-state index contributed by atoms with van der Waals surface area (Å²) in [4.78, 5) is 6.85. The predicted octanol–water partition coefficient (Wildman–Crippen LogP) is 4.07. The molecule has 2 aromatic rings. The highest BCUT2D eigenvalue weighted by molar-refractivity contribution is 9.10. The van der Waals surface area contributed by atoms with E-state index in [1.54, 1.807) is 11.8 Å². The van der Waals surface area contributed by atoms with Gasteiger partial charge in [0.1, 0.15) is 0 Å². The molecule has 0 aliphatic rings. The van der Waals surface area contributed by atoms with Crippen LogP contribution in [0.1, 0.15) is 17.0 Å². The zero-order valence-corrected chi connectivity index (χ0v) is 12.8. The molecule has 0 aliphatic carbocycles. The van der Waals surface area contributed by atoms with Gasteiger partial charge in [-0.05, 0) is 38.1 Å². The first-order chi connectivity index (χ1) is 8.60. The van der Waals surface area contributed by atoms with Gasteiger partial charge in [-0.2, -0.15) is 0 Å². The summed E-state index contributed by atoms with van der Waals surface area (Å²) < 4.78 is 1.09. The molecule has 18 heavy (non-hydrogen) atoms. The van der Waals surface area contributed by atoms with Crippen LogP contribution in [0.5, 0.6) is 0 Å². The van der Waals surface area contributed by atoms with Crippen LogP contribution in [0, 0.1) is 13.8 Å². The van der Waals surface area contributed by atoms with Crippen LogP contribution in [0.15, 0.2) is 44.6 Å². The number of benzene rings is 1. The monoisotopic (exact) mass is 322 g/mol. The minimum absolute atomic E-state index is 0.523. The number of halogens is 1. The third-order valence-corrected chi connectivity index (χ3v) is 4.21. The standard InChI is InChI=1S/C14H15BrN2S/c1-9-6-14(13(8-16)10(2)17-9)18-12-5-3-4-11(15)7-12/h3-7H,8,16H2,1-2H3. The minimum Gasteiger partial charge on any atom is -0.326 e. The quantitative estimate of drug-likeness (QED) is 0.925. The van der Waals surface area contributed by atoms with Gasteiger partial charge in [0.2, 0.25) is 0 Å². The summed E-state index contributed by atoms with van der Waals surface area (Å²) in [6.45, 7) is 4.55. The fourth-order valence-corrected chi connectivity index (χ4v) is 3.54. The van der Waals surface area contributed by atoms with E-state index in [-0.39, 0.29) is 0 Å². The van der Waals surface area contributed by atoms with Gasteiger partial charge in [-0.25, -0.2) is 0 Å². The highest BCUT2D eigenvalue weighted by Crippen LogP contribution is 2.33. The third kappa shape index (κ3) is 3.13. The van der Waals surface area contributed by atoms with Crippen molar-refractivity contribution in [2.24, 2.45) is 5.73 Å². The first-order valence-corrected chi connectivity index (χ1v) is 7.31. The summed E-state index contributed by atoms with van der Waals surface area (Å²) in [5, 5.41) is 0. The lowest BCUT2D eigenvalue weighted by Gasteiger charge is -2.11. The maximum Gasteiger partial charge on any atom is 0.0432 e. The van der Waals surface area contributed by atoms with Gasteiger partial charge in [-0.3, -0.25) is 4.98 Å². The largest absolute Gasteiger partial charge is 0.326 e. The minimum atomic E-state index is 0.523. The van der Waals surface area contributed by atoms with Crippen LogP contribution in [0.4, 0.5) is 0 Å². The molecule has 0 radical (unpaired) electrons. The summed E-state index contributed by atoms with van der Waals surface area (Å²) in [6.07, 6.45) is 0. The molecule has 0 amide bonds. The first-order valence-electron chi connectivity index (χ1n) is 5.70. The molecule has 0 spiro atoms. The third-order valence-electron chi connectivity index (χ3n) is 2.65. The molecule has 2 N–H and O–H groups in total. The molecule has 1 heterocycles. The molecule has 0 unspecified atom stereocenters. The van der Waals surface area contributed by atoms with E-state index in [0.29, 0.717) is 6.54 Å². The van der Waals surface area contributed by atoms with Gasteiger partial charge < -0.3 is 5.73 Å². The Morgan fingerprint density at radius 2 is 2.06 bits per heavy atom. The number of pyridine rings is 1. The number of nitrogens with two attached hydrogens (primary N) is 1. The van der Waals surface area contributed by atoms with Crippen molar-refractivity contribution < 1.29 is 0 Å². The molecular formula is C14H15BrN2S. The van der Waals surface area contributed by atoms with E-state index in [9.17, 15) is 0 Å². The van der Waals surface area contributed by atoms with Crippen LogP contribution in [-0.2, 0) is 6.54 Å². The van der Waals surface area contributed by atoms with Gasteiger partial charge in [0, 0.05) is 37.8 Å². The fourth-order valence-electron chi connectivity index (χ4n) is 1.82. The van der Waals surface area contributed by atoms with Gasteiger partial charge >= 0.3 is 0 Å². The van der Waals surface area contributed by atoms with Crippen molar-refractivity contribution in [2.75, 3.05) is 0 Å². The van der Waals surface area contributed by atoms with E-state index in [1.807, 2.05) is 26.0 Å². The summed E-state index contributed by atoms with van der Waals surface area (Å²) >= 11 is 5.22. The van der Waals surface area contributed by atoms with Crippen molar-refractivity contribution in [3.8, 4) is 0 Å². The molecule has 1 aromatic carbocycles. The molecule has 0 fully saturated rings. The maximum absolute atomic E-state index is 5.82. The van der Waals surface area contributed by atoms with Crippen LogP contribution in [-0.4, -0.2) is 4.98 Å². The first kappa shape index (κ1) is 13.6. The number of rotatable bonds is 3. The average Bonchev–Trinajstić information content (AvgIpc) is 2.28. The van der Waals surface area contributed by atoms with E-state index >= 15 is 0 Å². The van der Waals surface area contributed by atoms with Crippen LogP contribution < -0.4 is 5.73 Å². The summed E-state index contributed by atoms with van der Waals surface area (Å²) in [5.74, 6) is 0. The highest BCUT2D eigenvalue weighted by Gasteiger charge is 2.08. The van der Waals surface area contributed by atoms with Gasteiger partial charge in [-0.1, -0.05) is 33.8 Å². The van der Waals surface area contributed by atoms with Gasteiger partial charge in [0.25, 0.3) is 0 Å². The smallest absolute Gasteiger partial charge is 0.0432 e. The zero-order chi connectivity index (χ0) is 13.1. The predicted molar refractivity (Wildman–Crippen MR) is 79.9 cm³/mol. The summed E-state index contributed by atoms with van der Waals surface area (Å²) in [7, 11) is 0. The summed E-state index contributed by atoms with van der Waals surface area (Å²) in [5.41, 5.74) is 9.01. The van der Waals surface area contributed by atoms with Gasteiger partial charge in [0.15, 0.2) is 0 Å². The second-order valence-electron chi connectivity index (χ2n) is 4.09. The SMILES string of the molecule is Cc1cc(Sc2cccc(Br)c2)c(CN)c(C)n1. The van der Waals surface area contributed by atoms with E-state index < -0.39 is 0 Å². The lowest BCUT2D eigenvalue weighted by atomic mass is 10.2. The molecule has 0 atom stereocenters. The second kappa shape index (κ2) is 5.87. The van der Waals surface area contributed by atoms with Gasteiger partial charge in [-0.15, -0.1) is 0 Å². The van der Waals surface area contributed by atoms with Crippen LogP contribution in [0.3, 0.4) is 0 Å². The molecule has 4 heteroatoms. The van der Waals surface area contributed by atoms with Crippen molar-refractivity contribution in [3.05, 3.63) is 51.8 Å². The van der Waals surface area contributed by atoms with Crippen molar-refractivity contribution in [1.29, 1.82) is 0 Å². The number of aromatic nitrogens is 1. The molecule has 1 aromatic heterocycles. The number of hydrogen-bond acceptors (Lipinski definition) is 3. The Bertz CT molecular complexity index is 570. The van der Waals surface area contributed by atoms with E-state index in [0.717, 1.165) is 21.4 Å². The Morgan fingerprint density at radius 1 is 1.28 bits per heavy atom. The van der Waals surface area contributed by atoms with E-state index in [2.05, 4.69) is 39.1 Å². The second-order valence-corrected chi connectivity index (χ2v) is 6.12. The summed E-state index contributed by atoms with van der Waals surface area (Å²) in [6, 6.07) is 10.4. The molecule has 2 nitrogen and oxygen atoms in total. The molecule has 0 saturated carbocycles. The van der Waals surface area contributed by atoms with E-state index in [1.165, 1.54) is 9.79 Å². The lowest BCUT2D eigenvalue weighted by Crippen LogP contribution is -2.04. The number of hydrogen-bond donors (Lipinski definition) is 1. The fraction of sp³-hybridized carbons (Fsp3) is 0.214. The molecule has 2 rings (SSSR count). The molecule has 94 valence electrons. The molecule has 0 saturated heterocycles. The highest BCUT2D eigenvalue weighted by atomic mass is 79.9. The lowest BCUT2D eigenvalue weighted by molar-refractivity contribution is 0.945. The molecule has 0 bridgehead atoms. The number of aryl methyl sites for hydroxylation is 2. The van der Waals surface area contributed by atoms with Crippen molar-refractivity contribution >= 4 is 27.7 Å². The van der Waals surface area contributed by atoms with Crippen LogP contribution >= 0.6 is 27.7 Å². The Hall–Kier alpha value is -0.840. The Labute approximate surface area is 120 Å². The topological polar surface area (TPSA) is 38.9 Å². The van der Waals surface area contributed by atoms with Crippen LogP contribution in [0.25, 0.3) is 0 Å². The normalized spacial score (nSPS) is 10.7. The average molecular weight is 323 g/mol. The Morgan fingerprint density at radius 3 is 2.72 bits per heavy atom. The molecule has 0 aliphatic heterocycles. The van der Waals surface area contributed by atoms with Crippen molar-refractivity contribution in [2.45, 2.75) is 30.2 Å². The Balaban J connectivity index is 2.39. The zero-order valence-electron chi connectivity index (χ0n) is 10.4. The van der Waals surface area contributed by atoms with Crippen molar-refractivity contribution in [3.63, 3.8) is 0 Å². The van der Waals surface area contributed by atoms with E-state index in [4.69, 9.17) is 5.73 Å². The maximum atomic E-state index is 5.82. The van der Waals surface area contributed by atoms with Crippen LogP contribution in [0.2, 0.25) is 0 Å².